The number of rotatable bonds is 5. The molecule has 2 rings (SSSR count). The van der Waals surface area contributed by atoms with Crippen LogP contribution in [0.1, 0.15) is 26.5 Å². The molecule has 0 aliphatic heterocycles. The summed E-state index contributed by atoms with van der Waals surface area (Å²) in [6, 6.07) is 6.07. The second-order valence-corrected chi connectivity index (χ2v) is 6.11. The maximum Gasteiger partial charge on any atom is 0.137 e. The minimum absolute atomic E-state index is 0.184. The van der Waals surface area contributed by atoms with Crippen LogP contribution in [0.15, 0.2) is 30.6 Å². The fraction of sp³-hybridized carbons (Fsp3) is 0.533. The first kappa shape index (κ1) is 14.0. The molecule has 19 heavy (non-hydrogen) atoms. The van der Waals surface area contributed by atoms with Gasteiger partial charge in [-0.25, -0.2) is 4.98 Å². The van der Waals surface area contributed by atoms with Crippen molar-refractivity contribution in [3.8, 4) is 0 Å². The maximum atomic E-state index is 4.61. The van der Waals surface area contributed by atoms with Crippen LogP contribution in [0.3, 0.4) is 0 Å². The molecule has 2 aromatic rings. The number of likely N-dealkylation sites (N-methyl/N-ethyl adjacent to an activating group) is 1. The summed E-state index contributed by atoms with van der Waals surface area (Å²) >= 11 is 0. The van der Waals surface area contributed by atoms with Crippen molar-refractivity contribution in [1.29, 1.82) is 0 Å². The first-order valence-corrected chi connectivity index (χ1v) is 6.80. The Balaban J connectivity index is 1.86. The standard InChI is InChI=1S/C15H24N4/c1-15(2,3)16-8-10-18(4)11-13-12-19-9-6-5-7-14(19)17-13/h5-7,9,12,16H,8,10-11H2,1-4H3. The predicted molar refractivity (Wildman–Crippen MR) is 79.3 cm³/mol. The summed E-state index contributed by atoms with van der Waals surface area (Å²) in [6.45, 7) is 9.46. The molecule has 0 atom stereocenters. The Kier molecular flexibility index (Phi) is 4.22. The van der Waals surface area contributed by atoms with E-state index in [1.807, 2.05) is 24.4 Å². The van der Waals surface area contributed by atoms with Crippen LogP contribution in [0, 0.1) is 0 Å². The molecule has 0 amide bonds. The molecule has 0 fully saturated rings. The lowest BCUT2D eigenvalue weighted by Crippen LogP contribution is -2.40. The summed E-state index contributed by atoms with van der Waals surface area (Å²) in [5.41, 5.74) is 2.31. The fourth-order valence-electron chi connectivity index (χ4n) is 2.04. The molecule has 0 saturated carbocycles. The summed E-state index contributed by atoms with van der Waals surface area (Å²) in [5.74, 6) is 0. The van der Waals surface area contributed by atoms with Crippen LogP contribution in [0.5, 0.6) is 0 Å². The van der Waals surface area contributed by atoms with Gasteiger partial charge < -0.3 is 9.72 Å². The molecular weight excluding hydrogens is 236 g/mol. The SMILES string of the molecule is CN(CCNC(C)(C)C)Cc1cn2ccccc2n1. The average Bonchev–Trinajstić information content (AvgIpc) is 2.68. The van der Waals surface area contributed by atoms with Crippen LogP contribution < -0.4 is 5.32 Å². The lowest BCUT2D eigenvalue weighted by atomic mass is 10.1. The Bertz CT molecular complexity index is 491. The van der Waals surface area contributed by atoms with Crippen molar-refractivity contribution >= 4 is 5.65 Å². The topological polar surface area (TPSA) is 32.6 Å². The minimum atomic E-state index is 0.184. The summed E-state index contributed by atoms with van der Waals surface area (Å²) in [5, 5.41) is 3.50. The van der Waals surface area contributed by atoms with Crippen molar-refractivity contribution < 1.29 is 0 Å². The van der Waals surface area contributed by atoms with Crippen LogP contribution in [0.2, 0.25) is 0 Å². The fourth-order valence-corrected chi connectivity index (χ4v) is 2.04. The van der Waals surface area contributed by atoms with Crippen LogP contribution in [0.4, 0.5) is 0 Å². The van der Waals surface area contributed by atoms with Gasteiger partial charge in [0, 0.05) is 37.6 Å². The maximum absolute atomic E-state index is 4.61. The number of hydrogen-bond donors (Lipinski definition) is 1. The van der Waals surface area contributed by atoms with E-state index in [9.17, 15) is 0 Å². The Hall–Kier alpha value is -1.39. The van der Waals surface area contributed by atoms with E-state index >= 15 is 0 Å². The summed E-state index contributed by atoms with van der Waals surface area (Å²) in [6.07, 6.45) is 4.13. The Morgan fingerprint density at radius 1 is 1.32 bits per heavy atom. The number of aromatic nitrogens is 2. The Morgan fingerprint density at radius 3 is 2.79 bits per heavy atom. The molecule has 2 heterocycles. The van der Waals surface area contributed by atoms with Crippen LogP contribution in [-0.4, -0.2) is 40.0 Å². The smallest absolute Gasteiger partial charge is 0.137 e. The Morgan fingerprint density at radius 2 is 2.11 bits per heavy atom. The lowest BCUT2D eigenvalue weighted by molar-refractivity contribution is 0.301. The van der Waals surface area contributed by atoms with Gasteiger partial charge in [-0.1, -0.05) is 6.07 Å². The van der Waals surface area contributed by atoms with Crippen LogP contribution in [-0.2, 0) is 6.54 Å². The molecule has 2 aromatic heterocycles. The molecule has 0 aromatic carbocycles. The highest BCUT2D eigenvalue weighted by molar-refractivity contribution is 5.39. The largest absolute Gasteiger partial charge is 0.311 e. The molecule has 0 aliphatic rings. The molecule has 0 saturated heterocycles. The zero-order chi connectivity index (χ0) is 13.9. The number of nitrogens with zero attached hydrogens (tertiary/aromatic N) is 3. The van der Waals surface area contributed by atoms with E-state index in [0.717, 1.165) is 31.0 Å². The molecule has 0 aliphatic carbocycles. The first-order chi connectivity index (χ1) is 8.94. The van der Waals surface area contributed by atoms with E-state index in [2.05, 4.69) is 53.6 Å². The van der Waals surface area contributed by atoms with E-state index in [-0.39, 0.29) is 5.54 Å². The van der Waals surface area contributed by atoms with E-state index in [4.69, 9.17) is 0 Å². The molecular formula is C15H24N4. The third-order valence-corrected chi connectivity index (χ3v) is 2.99. The van der Waals surface area contributed by atoms with Gasteiger partial charge in [0.25, 0.3) is 0 Å². The van der Waals surface area contributed by atoms with Gasteiger partial charge in [-0.2, -0.15) is 0 Å². The summed E-state index contributed by atoms with van der Waals surface area (Å²) in [7, 11) is 2.13. The van der Waals surface area contributed by atoms with E-state index < -0.39 is 0 Å². The first-order valence-electron chi connectivity index (χ1n) is 6.80. The number of pyridine rings is 1. The molecule has 1 N–H and O–H groups in total. The van der Waals surface area contributed by atoms with Crippen molar-refractivity contribution in [2.24, 2.45) is 0 Å². The predicted octanol–water partition coefficient (Wildman–Crippen LogP) is 2.15. The van der Waals surface area contributed by atoms with Gasteiger partial charge in [-0.3, -0.25) is 4.90 Å². The van der Waals surface area contributed by atoms with Crippen molar-refractivity contribution in [2.45, 2.75) is 32.9 Å². The zero-order valence-electron chi connectivity index (χ0n) is 12.3. The monoisotopic (exact) mass is 260 g/mol. The number of nitrogens with one attached hydrogen (secondary N) is 1. The van der Waals surface area contributed by atoms with Crippen LogP contribution in [0.25, 0.3) is 5.65 Å². The van der Waals surface area contributed by atoms with Gasteiger partial charge in [-0.05, 0) is 40.0 Å². The third kappa shape index (κ3) is 4.33. The summed E-state index contributed by atoms with van der Waals surface area (Å²) < 4.78 is 2.07. The zero-order valence-corrected chi connectivity index (χ0v) is 12.3. The molecule has 4 nitrogen and oxygen atoms in total. The third-order valence-electron chi connectivity index (χ3n) is 2.99. The molecule has 4 heteroatoms. The molecule has 104 valence electrons. The molecule has 0 spiro atoms. The van der Waals surface area contributed by atoms with Crippen molar-refractivity contribution in [1.82, 2.24) is 19.6 Å². The lowest BCUT2D eigenvalue weighted by Gasteiger charge is -2.23. The second kappa shape index (κ2) is 5.72. The quantitative estimate of drug-likeness (QED) is 0.894. The van der Waals surface area contributed by atoms with Gasteiger partial charge in [0.1, 0.15) is 5.65 Å². The van der Waals surface area contributed by atoms with Crippen LogP contribution >= 0.6 is 0 Å². The van der Waals surface area contributed by atoms with E-state index in [0.29, 0.717) is 0 Å². The van der Waals surface area contributed by atoms with Gasteiger partial charge in [0.05, 0.1) is 5.69 Å². The van der Waals surface area contributed by atoms with Crippen molar-refractivity contribution in [3.05, 3.63) is 36.3 Å². The average molecular weight is 260 g/mol. The number of hydrogen-bond acceptors (Lipinski definition) is 3. The highest BCUT2D eigenvalue weighted by Gasteiger charge is 2.09. The van der Waals surface area contributed by atoms with Crippen molar-refractivity contribution in [2.75, 3.05) is 20.1 Å². The van der Waals surface area contributed by atoms with Crippen molar-refractivity contribution in [3.63, 3.8) is 0 Å². The van der Waals surface area contributed by atoms with Gasteiger partial charge in [0.2, 0.25) is 0 Å². The van der Waals surface area contributed by atoms with E-state index in [1.165, 1.54) is 0 Å². The second-order valence-electron chi connectivity index (χ2n) is 6.11. The number of imidazole rings is 1. The highest BCUT2D eigenvalue weighted by Crippen LogP contribution is 2.06. The Labute approximate surface area is 115 Å². The highest BCUT2D eigenvalue weighted by atomic mass is 15.1. The van der Waals surface area contributed by atoms with E-state index in [1.54, 1.807) is 0 Å². The van der Waals surface area contributed by atoms with Gasteiger partial charge in [-0.15, -0.1) is 0 Å². The molecule has 0 radical (unpaired) electrons. The number of fused-ring (bicyclic) bond motifs is 1. The molecule has 0 unspecified atom stereocenters. The normalized spacial score (nSPS) is 12.5. The van der Waals surface area contributed by atoms with Gasteiger partial charge >= 0.3 is 0 Å². The minimum Gasteiger partial charge on any atom is -0.311 e. The van der Waals surface area contributed by atoms with Gasteiger partial charge in [0.15, 0.2) is 0 Å². The summed E-state index contributed by atoms with van der Waals surface area (Å²) in [4.78, 5) is 6.90. The molecule has 0 bridgehead atoms.